The van der Waals surface area contributed by atoms with Crippen LogP contribution in [0.15, 0.2) is 0 Å². The van der Waals surface area contributed by atoms with Crippen molar-refractivity contribution >= 4 is 0 Å². The first kappa shape index (κ1) is 94.5. The molecule has 0 saturated heterocycles. The first-order valence-corrected chi connectivity index (χ1v) is 24.6. The van der Waals surface area contributed by atoms with Crippen LogP contribution in [0.2, 0.25) is 0 Å². The van der Waals surface area contributed by atoms with E-state index in [1.165, 1.54) is 6.92 Å². The summed E-state index contributed by atoms with van der Waals surface area (Å²) in [6, 6.07) is 0. The maximum atomic E-state index is 13.0. The molecular formula is C48H70F38. The van der Waals surface area contributed by atoms with Gasteiger partial charge in [-0.05, 0) is 55.4 Å². The monoisotopic (exact) mass is 1370 g/mol. The molecule has 0 nitrogen and oxygen atoms in total. The maximum absolute atomic E-state index is 13.0. The second-order valence-corrected chi connectivity index (χ2v) is 21.4. The summed E-state index contributed by atoms with van der Waals surface area (Å²) in [6.45, 7) is 5.31. The molecule has 86 heavy (non-hydrogen) atoms. The van der Waals surface area contributed by atoms with Crippen LogP contribution >= 0.6 is 0 Å². The lowest BCUT2D eigenvalue weighted by Crippen LogP contribution is -2.46. The molecule has 0 fully saturated rings. The van der Waals surface area contributed by atoms with Gasteiger partial charge in [-0.25, -0.2) is 123 Å². The average molecular weight is 1370 g/mol. The molecule has 0 aliphatic heterocycles. The third-order valence-corrected chi connectivity index (χ3v) is 11.0. The average Bonchev–Trinajstić information content (AvgIpc) is 3.20. The van der Waals surface area contributed by atoms with E-state index in [2.05, 4.69) is 0 Å². The third-order valence-electron chi connectivity index (χ3n) is 11.0. The summed E-state index contributed by atoms with van der Waals surface area (Å²) >= 11 is 0. The Labute approximate surface area is 471 Å². The number of hydrogen-bond donors (Lipinski definition) is 0. The molecule has 0 saturated carbocycles. The van der Waals surface area contributed by atoms with E-state index in [0.717, 1.165) is 6.92 Å². The van der Waals surface area contributed by atoms with Crippen LogP contribution in [0.4, 0.5) is 167 Å². The van der Waals surface area contributed by atoms with Crippen molar-refractivity contribution in [3.63, 3.8) is 0 Å². The quantitative estimate of drug-likeness (QED) is 0.0655. The Morgan fingerprint density at radius 1 is 0.233 bits per heavy atom. The lowest BCUT2D eigenvalue weighted by molar-refractivity contribution is -0.269. The number of halogens is 38. The molecule has 0 aliphatic rings. The van der Waals surface area contributed by atoms with Gasteiger partial charge in [0.2, 0.25) is 59.2 Å². The van der Waals surface area contributed by atoms with Crippen molar-refractivity contribution in [2.75, 3.05) is 0 Å². The second-order valence-electron chi connectivity index (χ2n) is 21.4. The van der Waals surface area contributed by atoms with Gasteiger partial charge in [-0.3, -0.25) is 0 Å². The summed E-state index contributed by atoms with van der Waals surface area (Å²) in [4.78, 5) is 0. The zero-order chi connectivity index (χ0) is 71.6. The van der Waals surface area contributed by atoms with Crippen molar-refractivity contribution in [3.8, 4) is 0 Å². The summed E-state index contributed by atoms with van der Waals surface area (Å²) < 4.78 is 470. The molecule has 0 rings (SSSR count). The van der Waals surface area contributed by atoms with Gasteiger partial charge in [-0.15, -0.1) is 0 Å². The minimum atomic E-state index is -5.59. The third kappa shape index (κ3) is 47.3. The van der Waals surface area contributed by atoms with E-state index in [-0.39, 0.29) is 48.0 Å². The van der Waals surface area contributed by atoms with Crippen LogP contribution in [0.5, 0.6) is 0 Å². The highest BCUT2D eigenvalue weighted by atomic mass is 19.4. The fourth-order valence-corrected chi connectivity index (χ4v) is 5.19. The van der Waals surface area contributed by atoms with Gasteiger partial charge in [-0.1, -0.05) is 13.8 Å². The molecule has 0 spiro atoms. The first-order chi connectivity index (χ1) is 36.5. The molecule has 0 aromatic carbocycles. The normalized spacial score (nSPS) is 15.3. The Morgan fingerprint density at radius 3 is 0.640 bits per heavy atom. The van der Waals surface area contributed by atoms with Crippen LogP contribution in [-0.2, 0) is 0 Å². The van der Waals surface area contributed by atoms with Gasteiger partial charge < -0.3 is 0 Å². The van der Waals surface area contributed by atoms with Gasteiger partial charge in [0.15, 0.2) is 0 Å². The molecular weight excluding hydrogens is 1300 g/mol. The summed E-state index contributed by atoms with van der Waals surface area (Å²) in [7, 11) is 0. The van der Waals surface area contributed by atoms with Crippen molar-refractivity contribution in [1.82, 2.24) is 0 Å². The highest BCUT2D eigenvalue weighted by Crippen LogP contribution is 2.47. The minimum Gasteiger partial charge on any atom is -0.207 e. The second kappa shape index (κ2) is 33.1. The van der Waals surface area contributed by atoms with Crippen molar-refractivity contribution in [2.24, 2.45) is 11.8 Å². The molecule has 2 atom stereocenters. The van der Waals surface area contributed by atoms with Crippen molar-refractivity contribution in [3.05, 3.63) is 0 Å². The van der Waals surface area contributed by atoms with E-state index in [9.17, 15) is 167 Å². The minimum absolute atomic E-state index is 0.0147. The topological polar surface area (TPSA) is 0 Å². The van der Waals surface area contributed by atoms with Crippen molar-refractivity contribution in [2.45, 2.75) is 293 Å². The lowest BCUT2D eigenvalue weighted by atomic mass is 9.88. The highest BCUT2D eigenvalue weighted by Gasteiger charge is 2.63. The molecule has 0 amide bonds. The SMILES string of the molecule is CC(F)(F)CC(CC(F)(F)C(C)(F)F)C(C)(F)F.CC(F)(F)CCC(F)(F)C(C)(F)F.CC(F)(F)CCC(F)(F)C(C)(F)F.CC(F)(F)CCC(F)(F)C(F)(F)C(F)F.CCC(F)(F)CC(CC(C)(F)F)C(C)(F)F.CCC(F)(F)CCC(C)(F)F. The van der Waals surface area contributed by atoms with Crippen LogP contribution < -0.4 is 0 Å². The predicted molar refractivity (Wildman–Crippen MR) is 240 cm³/mol. The maximum Gasteiger partial charge on any atom is 0.369 e. The van der Waals surface area contributed by atoms with E-state index < -0.39 is 208 Å². The molecule has 0 aliphatic carbocycles. The Hall–Kier alpha value is -2.66. The molecule has 0 N–H and O–H groups in total. The van der Waals surface area contributed by atoms with Crippen LogP contribution in [-0.4, -0.2) is 113 Å². The van der Waals surface area contributed by atoms with Crippen LogP contribution in [0.25, 0.3) is 0 Å². The fraction of sp³-hybridized carbons (Fsp3) is 1.00. The van der Waals surface area contributed by atoms with E-state index in [4.69, 9.17) is 0 Å². The molecule has 0 radical (unpaired) electrons. The molecule has 38 heteroatoms. The lowest BCUT2D eigenvalue weighted by Gasteiger charge is -2.31. The van der Waals surface area contributed by atoms with Gasteiger partial charge in [0.1, 0.15) is 0 Å². The number of rotatable bonds is 29. The predicted octanol–water partition coefficient (Wildman–Crippen LogP) is 24.6. The van der Waals surface area contributed by atoms with Crippen LogP contribution in [0.3, 0.4) is 0 Å². The number of hydrogen-bond acceptors (Lipinski definition) is 0. The largest absolute Gasteiger partial charge is 0.369 e. The first-order valence-electron chi connectivity index (χ1n) is 24.6. The van der Waals surface area contributed by atoms with Crippen LogP contribution in [0.1, 0.15) is 180 Å². The van der Waals surface area contributed by atoms with E-state index in [1.54, 1.807) is 0 Å². The summed E-state index contributed by atoms with van der Waals surface area (Å²) in [6.07, 6.45) is -22.2. The number of alkyl halides is 38. The highest BCUT2D eigenvalue weighted by molar-refractivity contribution is 4.90. The molecule has 2 unspecified atom stereocenters. The Kier molecular flexibility index (Phi) is 36.3. The smallest absolute Gasteiger partial charge is 0.207 e. The van der Waals surface area contributed by atoms with E-state index >= 15 is 0 Å². The van der Waals surface area contributed by atoms with Gasteiger partial charge in [0, 0.05) is 122 Å². The Bertz CT molecular complexity index is 1750. The van der Waals surface area contributed by atoms with Crippen LogP contribution in [0, 0.1) is 11.8 Å². The summed E-state index contributed by atoms with van der Waals surface area (Å²) in [5.74, 6) is -75.7. The zero-order valence-electron chi connectivity index (χ0n) is 48.0. The summed E-state index contributed by atoms with van der Waals surface area (Å²) in [5, 5.41) is 0. The molecule has 0 aromatic heterocycles. The standard InChI is InChI=1S/C10H14F8.C10H16F6.C7H8F8.2C7H10F6.C7H12F4/c1-7(11,12)4-6(8(2,13)14)5-10(17,18)9(3,15)16;1-4-10(15,16)6-7(9(3,13)14)5-8(2,11)12;1-5(10,11)2-3-6(12,13)7(14,15)4(8)9;2*1-5(8,9)3-4-7(12,13)6(2,10)11;1-3-7(10,11)5-4-6(2,8)9/h6H,4-5H2,1-3H3;7H,4-6H2,1-3H3;4H,2-3H2,1H3;2*3-4H2,1-2H3;3-5H2,1-2H3. The Morgan fingerprint density at radius 2 is 0.453 bits per heavy atom. The van der Waals surface area contributed by atoms with Crippen molar-refractivity contribution < 1.29 is 167 Å². The Balaban J connectivity index is -0.000000225. The van der Waals surface area contributed by atoms with Gasteiger partial charge >= 0.3 is 53.8 Å². The molecule has 0 bridgehead atoms. The van der Waals surface area contributed by atoms with Gasteiger partial charge in [-0.2, -0.15) is 43.9 Å². The van der Waals surface area contributed by atoms with Gasteiger partial charge in [0.05, 0.1) is 0 Å². The molecule has 528 valence electrons. The molecule has 0 aromatic rings. The zero-order valence-corrected chi connectivity index (χ0v) is 48.0. The van der Waals surface area contributed by atoms with Crippen molar-refractivity contribution in [1.29, 1.82) is 0 Å². The van der Waals surface area contributed by atoms with Gasteiger partial charge in [0.25, 0.3) is 0 Å². The fourth-order valence-electron chi connectivity index (χ4n) is 5.19. The molecule has 0 heterocycles. The van der Waals surface area contributed by atoms with E-state index in [1.807, 2.05) is 0 Å². The summed E-state index contributed by atoms with van der Waals surface area (Å²) in [5.41, 5.74) is 0. The van der Waals surface area contributed by atoms with E-state index in [0.29, 0.717) is 34.6 Å².